The van der Waals surface area contributed by atoms with Gasteiger partial charge in [-0.25, -0.2) is 4.98 Å². The van der Waals surface area contributed by atoms with Crippen molar-refractivity contribution in [3.05, 3.63) is 46.8 Å². The number of halogens is 1. The highest BCUT2D eigenvalue weighted by molar-refractivity contribution is 8.00. The molecule has 3 rings (SSSR count). The maximum atomic E-state index is 6.09. The zero-order valence-corrected chi connectivity index (χ0v) is 12.0. The summed E-state index contributed by atoms with van der Waals surface area (Å²) in [6.07, 6.45) is 1.77. The second-order valence-electron chi connectivity index (χ2n) is 3.57. The fraction of sp³-hybridized carbons (Fsp3) is 0.0833. The SMILES string of the molecule is Clc1ccccc1-c1nnc(CSc2nccs2)o1. The van der Waals surface area contributed by atoms with Crippen LogP contribution in [0, 0.1) is 0 Å². The lowest BCUT2D eigenvalue weighted by Crippen LogP contribution is -1.79. The lowest BCUT2D eigenvalue weighted by atomic mass is 10.2. The number of hydrogen-bond acceptors (Lipinski definition) is 6. The van der Waals surface area contributed by atoms with Gasteiger partial charge >= 0.3 is 0 Å². The van der Waals surface area contributed by atoms with E-state index in [0.29, 0.717) is 22.6 Å². The Morgan fingerprint density at radius 2 is 2.16 bits per heavy atom. The molecule has 0 saturated heterocycles. The summed E-state index contributed by atoms with van der Waals surface area (Å²) in [5.74, 6) is 1.61. The van der Waals surface area contributed by atoms with Gasteiger partial charge in [-0.15, -0.1) is 21.5 Å². The van der Waals surface area contributed by atoms with E-state index in [9.17, 15) is 0 Å². The van der Waals surface area contributed by atoms with Crippen molar-refractivity contribution in [3.63, 3.8) is 0 Å². The summed E-state index contributed by atoms with van der Waals surface area (Å²) in [6, 6.07) is 7.40. The van der Waals surface area contributed by atoms with Gasteiger partial charge in [0.25, 0.3) is 0 Å². The van der Waals surface area contributed by atoms with Crippen LogP contribution < -0.4 is 0 Å². The Morgan fingerprint density at radius 1 is 1.26 bits per heavy atom. The van der Waals surface area contributed by atoms with E-state index >= 15 is 0 Å². The van der Waals surface area contributed by atoms with Crippen LogP contribution in [0.2, 0.25) is 5.02 Å². The van der Waals surface area contributed by atoms with Crippen LogP contribution in [-0.2, 0) is 5.75 Å². The van der Waals surface area contributed by atoms with Crippen molar-refractivity contribution in [3.8, 4) is 11.5 Å². The summed E-state index contributed by atoms with van der Waals surface area (Å²) < 4.78 is 6.58. The molecule has 2 aromatic heterocycles. The van der Waals surface area contributed by atoms with Gasteiger partial charge in [-0.3, -0.25) is 0 Å². The van der Waals surface area contributed by atoms with Crippen molar-refractivity contribution in [2.45, 2.75) is 10.1 Å². The Labute approximate surface area is 122 Å². The molecule has 0 aliphatic heterocycles. The van der Waals surface area contributed by atoms with E-state index in [-0.39, 0.29) is 0 Å². The van der Waals surface area contributed by atoms with Gasteiger partial charge in [-0.2, -0.15) is 0 Å². The summed E-state index contributed by atoms with van der Waals surface area (Å²) in [7, 11) is 0. The largest absolute Gasteiger partial charge is 0.420 e. The predicted octanol–water partition coefficient (Wildman–Crippen LogP) is 4.14. The average molecular weight is 310 g/mol. The number of rotatable bonds is 4. The molecule has 96 valence electrons. The highest BCUT2D eigenvalue weighted by Gasteiger charge is 2.11. The number of thiazole rings is 1. The van der Waals surface area contributed by atoms with Crippen molar-refractivity contribution in [1.82, 2.24) is 15.2 Å². The molecule has 0 fully saturated rings. The number of hydrogen-bond donors (Lipinski definition) is 0. The first-order valence-electron chi connectivity index (χ1n) is 5.42. The minimum atomic E-state index is 0.445. The molecule has 0 bridgehead atoms. The van der Waals surface area contributed by atoms with Gasteiger partial charge in [-0.1, -0.05) is 35.5 Å². The quantitative estimate of drug-likeness (QED) is 0.678. The van der Waals surface area contributed by atoms with Crippen LogP contribution >= 0.6 is 34.7 Å². The molecule has 19 heavy (non-hydrogen) atoms. The fourth-order valence-electron chi connectivity index (χ4n) is 1.46. The molecule has 0 spiro atoms. The Bertz CT molecular complexity index is 669. The number of benzene rings is 1. The van der Waals surface area contributed by atoms with E-state index in [2.05, 4.69) is 15.2 Å². The normalized spacial score (nSPS) is 10.8. The third kappa shape index (κ3) is 2.97. The maximum absolute atomic E-state index is 6.09. The van der Waals surface area contributed by atoms with Gasteiger partial charge in [0.1, 0.15) is 4.34 Å². The van der Waals surface area contributed by atoms with E-state index in [1.165, 1.54) is 0 Å². The van der Waals surface area contributed by atoms with E-state index in [0.717, 1.165) is 9.90 Å². The third-order valence-corrected chi connectivity index (χ3v) is 4.58. The first kappa shape index (κ1) is 12.7. The highest BCUT2D eigenvalue weighted by Crippen LogP contribution is 2.28. The second-order valence-corrected chi connectivity index (χ2v) is 6.09. The molecule has 3 aromatic rings. The average Bonchev–Trinajstić information content (AvgIpc) is 3.08. The zero-order valence-electron chi connectivity index (χ0n) is 9.62. The molecule has 0 aliphatic carbocycles. The van der Waals surface area contributed by atoms with Crippen LogP contribution in [0.3, 0.4) is 0 Å². The molecule has 7 heteroatoms. The predicted molar refractivity (Wildman–Crippen MR) is 76.4 cm³/mol. The van der Waals surface area contributed by atoms with Crippen molar-refractivity contribution < 1.29 is 4.42 Å². The molecule has 4 nitrogen and oxygen atoms in total. The zero-order chi connectivity index (χ0) is 13.1. The molecule has 2 heterocycles. The number of aromatic nitrogens is 3. The van der Waals surface area contributed by atoms with Crippen LogP contribution in [0.25, 0.3) is 11.5 Å². The van der Waals surface area contributed by atoms with Crippen molar-refractivity contribution >= 4 is 34.7 Å². The van der Waals surface area contributed by atoms with E-state index in [1.807, 2.05) is 23.6 Å². The Balaban J connectivity index is 1.75. The van der Waals surface area contributed by atoms with Crippen molar-refractivity contribution in [1.29, 1.82) is 0 Å². The summed E-state index contributed by atoms with van der Waals surface area (Å²) in [4.78, 5) is 4.18. The molecule has 0 amide bonds. The van der Waals surface area contributed by atoms with Gasteiger partial charge in [0.15, 0.2) is 0 Å². The van der Waals surface area contributed by atoms with Crippen molar-refractivity contribution in [2.24, 2.45) is 0 Å². The highest BCUT2D eigenvalue weighted by atomic mass is 35.5. The topological polar surface area (TPSA) is 51.8 Å². The van der Waals surface area contributed by atoms with Crippen LogP contribution in [0.4, 0.5) is 0 Å². The maximum Gasteiger partial charge on any atom is 0.249 e. The van der Waals surface area contributed by atoms with Crippen LogP contribution in [0.15, 0.2) is 44.6 Å². The fourth-order valence-corrected chi connectivity index (χ4v) is 3.15. The molecule has 0 N–H and O–H groups in total. The van der Waals surface area contributed by atoms with Gasteiger partial charge < -0.3 is 4.42 Å². The lowest BCUT2D eigenvalue weighted by Gasteiger charge is -1.96. The van der Waals surface area contributed by atoms with E-state index in [4.69, 9.17) is 16.0 Å². The molecule has 0 atom stereocenters. The van der Waals surface area contributed by atoms with Gasteiger partial charge in [0, 0.05) is 11.6 Å². The number of nitrogens with zero attached hydrogens (tertiary/aromatic N) is 3. The van der Waals surface area contributed by atoms with Crippen molar-refractivity contribution in [2.75, 3.05) is 0 Å². The Hall–Kier alpha value is -1.37. The van der Waals surface area contributed by atoms with Crippen LogP contribution in [0.5, 0.6) is 0 Å². The molecular weight excluding hydrogens is 302 g/mol. The molecule has 0 saturated carbocycles. The summed E-state index contributed by atoms with van der Waals surface area (Å²) in [5.41, 5.74) is 0.752. The summed E-state index contributed by atoms with van der Waals surface area (Å²) >= 11 is 9.24. The Morgan fingerprint density at radius 3 is 2.95 bits per heavy atom. The molecular formula is C12H8ClN3OS2. The minimum Gasteiger partial charge on any atom is -0.420 e. The van der Waals surface area contributed by atoms with Crippen LogP contribution in [-0.4, -0.2) is 15.2 Å². The molecule has 0 aliphatic rings. The van der Waals surface area contributed by atoms with Gasteiger partial charge in [-0.05, 0) is 12.1 Å². The molecule has 0 radical (unpaired) electrons. The smallest absolute Gasteiger partial charge is 0.249 e. The van der Waals surface area contributed by atoms with E-state index < -0.39 is 0 Å². The summed E-state index contributed by atoms with van der Waals surface area (Å²) in [6.45, 7) is 0. The molecule has 0 unspecified atom stereocenters. The third-order valence-electron chi connectivity index (χ3n) is 2.30. The standard InChI is InChI=1S/C12H8ClN3OS2/c13-9-4-2-1-3-8(9)11-16-15-10(17-11)7-19-12-14-5-6-18-12/h1-6H,7H2. The monoisotopic (exact) mass is 309 g/mol. The lowest BCUT2D eigenvalue weighted by molar-refractivity contribution is 0.528. The van der Waals surface area contributed by atoms with Gasteiger partial charge in [0.2, 0.25) is 11.8 Å². The Kier molecular flexibility index (Phi) is 3.82. The van der Waals surface area contributed by atoms with E-state index in [1.54, 1.807) is 35.4 Å². The number of thioether (sulfide) groups is 1. The minimum absolute atomic E-state index is 0.445. The molecule has 1 aromatic carbocycles. The first-order valence-corrected chi connectivity index (χ1v) is 7.67. The van der Waals surface area contributed by atoms with Crippen LogP contribution in [0.1, 0.15) is 5.89 Å². The summed E-state index contributed by atoms with van der Waals surface area (Å²) in [5, 5.41) is 10.6. The first-order chi connectivity index (χ1) is 9.33. The van der Waals surface area contributed by atoms with Gasteiger partial charge in [0.05, 0.1) is 16.3 Å². The second kappa shape index (κ2) is 5.73.